The van der Waals surface area contributed by atoms with Gasteiger partial charge in [-0.2, -0.15) is 0 Å². The molecule has 2 N–H and O–H groups in total. The van der Waals surface area contributed by atoms with E-state index in [9.17, 15) is 0 Å². The van der Waals surface area contributed by atoms with Crippen molar-refractivity contribution in [2.75, 3.05) is 33.4 Å². The Bertz CT molecular complexity index is 195. The van der Waals surface area contributed by atoms with Crippen LogP contribution in [0.1, 0.15) is 19.8 Å². The quantitative estimate of drug-likeness (QED) is 0.738. The summed E-state index contributed by atoms with van der Waals surface area (Å²) in [6.07, 6.45) is 2.23. The molecule has 0 amide bonds. The highest BCUT2D eigenvalue weighted by Crippen LogP contribution is 2.34. The van der Waals surface area contributed by atoms with Gasteiger partial charge in [-0.1, -0.05) is 13.5 Å². The Kier molecular flexibility index (Phi) is 3.96. The van der Waals surface area contributed by atoms with E-state index in [-0.39, 0.29) is 5.41 Å². The minimum absolute atomic E-state index is 0.156. The third-order valence-electron chi connectivity index (χ3n) is 3.35. The maximum Gasteiger partial charge on any atom is 0.0589 e. The van der Waals surface area contributed by atoms with Crippen molar-refractivity contribution >= 4 is 0 Å². The average molecular weight is 198 g/mol. The highest BCUT2D eigenvalue weighted by molar-refractivity contribution is 5.06. The van der Waals surface area contributed by atoms with E-state index < -0.39 is 0 Å². The second kappa shape index (κ2) is 4.80. The van der Waals surface area contributed by atoms with Gasteiger partial charge in [-0.05, 0) is 25.9 Å². The number of likely N-dealkylation sites (tertiary alicyclic amines) is 1. The molecule has 0 unspecified atom stereocenters. The van der Waals surface area contributed by atoms with Gasteiger partial charge < -0.3 is 15.4 Å². The van der Waals surface area contributed by atoms with Crippen LogP contribution in [0, 0.1) is 5.41 Å². The molecule has 1 heterocycles. The van der Waals surface area contributed by atoms with Gasteiger partial charge in [-0.25, -0.2) is 0 Å². The molecule has 1 aliphatic rings. The number of hydrogen-bond donors (Lipinski definition) is 1. The third-order valence-corrected chi connectivity index (χ3v) is 3.35. The normalized spacial score (nSPS) is 22.1. The van der Waals surface area contributed by atoms with Crippen molar-refractivity contribution in [3.63, 3.8) is 0 Å². The molecule has 0 aromatic rings. The third kappa shape index (κ3) is 2.72. The first-order valence-corrected chi connectivity index (χ1v) is 5.24. The van der Waals surface area contributed by atoms with Crippen LogP contribution in [0.25, 0.3) is 0 Å². The van der Waals surface area contributed by atoms with Gasteiger partial charge in [0.25, 0.3) is 0 Å². The molecule has 0 atom stereocenters. The highest BCUT2D eigenvalue weighted by Gasteiger charge is 2.30. The van der Waals surface area contributed by atoms with Gasteiger partial charge in [0.2, 0.25) is 0 Å². The topological polar surface area (TPSA) is 38.5 Å². The zero-order chi connectivity index (χ0) is 10.6. The molecule has 1 aliphatic heterocycles. The van der Waals surface area contributed by atoms with Crippen molar-refractivity contribution in [1.29, 1.82) is 0 Å². The van der Waals surface area contributed by atoms with Crippen LogP contribution in [0.5, 0.6) is 0 Å². The van der Waals surface area contributed by atoms with Gasteiger partial charge in [0.1, 0.15) is 0 Å². The standard InChI is InChI=1S/C11H22N2O/c1-10(12)11(2)4-6-13(7-5-11)8-9-14-3/h1,4-9,12H2,2-3H3. The molecule has 82 valence electrons. The molecule has 0 saturated carbocycles. The summed E-state index contributed by atoms with van der Waals surface area (Å²) in [4.78, 5) is 2.42. The van der Waals surface area contributed by atoms with Crippen LogP contribution in [0.3, 0.4) is 0 Å². The van der Waals surface area contributed by atoms with Gasteiger partial charge in [0, 0.05) is 24.8 Å². The molecule has 0 spiro atoms. The van der Waals surface area contributed by atoms with E-state index in [0.717, 1.165) is 44.8 Å². The smallest absolute Gasteiger partial charge is 0.0589 e. The maximum atomic E-state index is 5.81. The van der Waals surface area contributed by atoms with Gasteiger partial charge in [-0.3, -0.25) is 0 Å². The fourth-order valence-electron chi connectivity index (χ4n) is 1.81. The number of ether oxygens (including phenoxy) is 1. The lowest BCUT2D eigenvalue weighted by Crippen LogP contribution is -2.42. The zero-order valence-corrected chi connectivity index (χ0v) is 9.38. The molecule has 14 heavy (non-hydrogen) atoms. The summed E-state index contributed by atoms with van der Waals surface area (Å²) in [7, 11) is 1.75. The molecule has 1 fully saturated rings. The summed E-state index contributed by atoms with van der Waals surface area (Å²) in [5.74, 6) is 0. The monoisotopic (exact) mass is 198 g/mol. The van der Waals surface area contributed by atoms with Crippen LogP contribution >= 0.6 is 0 Å². The number of nitrogens with two attached hydrogens (primary N) is 1. The number of methoxy groups -OCH3 is 1. The summed E-state index contributed by atoms with van der Waals surface area (Å²) in [6.45, 7) is 10.1. The molecule has 0 aromatic carbocycles. The minimum Gasteiger partial charge on any atom is -0.402 e. The Balaban J connectivity index is 2.34. The predicted octanol–water partition coefficient (Wildman–Crippen LogP) is 1.21. The fourth-order valence-corrected chi connectivity index (χ4v) is 1.81. The van der Waals surface area contributed by atoms with E-state index in [1.54, 1.807) is 7.11 Å². The Morgan fingerprint density at radius 2 is 2.07 bits per heavy atom. The van der Waals surface area contributed by atoms with E-state index in [4.69, 9.17) is 10.5 Å². The van der Waals surface area contributed by atoms with Gasteiger partial charge in [0.05, 0.1) is 6.61 Å². The van der Waals surface area contributed by atoms with Crippen molar-refractivity contribution in [1.82, 2.24) is 4.90 Å². The van der Waals surface area contributed by atoms with E-state index in [0.29, 0.717) is 0 Å². The predicted molar refractivity (Wildman–Crippen MR) is 59.0 cm³/mol. The number of allylic oxidation sites excluding steroid dienone is 1. The van der Waals surface area contributed by atoms with Crippen LogP contribution < -0.4 is 5.73 Å². The molecular formula is C11H22N2O. The second-order valence-corrected chi connectivity index (χ2v) is 4.42. The Labute approximate surface area is 86.9 Å². The Morgan fingerprint density at radius 1 is 1.50 bits per heavy atom. The molecule has 0 radical (unpaired) electrons. The zero-order valence-electron chi connectivity index (χ0n) is 9.38. The fraction of sp³-hybridized carbons (Fsp3) is 0.818. The van der Waals surface area contributed by atoms with E-state index >= 15 is 0 Å². The first kappa shape index (κ1) is 11.5. The van der Waals surface area contributed by atoms with Crippen LogP contribution in [0.2, 0.25) is 0 Å². The van der Waals surface area contributed by atoms with E-state index in [1.807, 2.05) is 0 Å². The van der Waals surface area contributed by atoms with Crippen molar-refractivity contribution < 1.29 is 4.74 Å². The molecule has 0 aromatic heterocycles. The van der Waals surface area contributed by atoms with Crippen molar-refractivity contribution in [3.05, 3.63) is 12.3 Å². The first-order chi connectivity index (χ1) is 6.58. The van der Waals surface area contributed by atoms with Gasteiger partial charge in [0.15, 0.2) is 0 Å². The van der Waals surface area contributed by atoms with E-state index in [1.165, 1.54) is 0 Å². The van der Waals surface area contributed by atoms with Crippen molar-refractivity contribution in [3.8, 4) is 0 Å². The summed E-state index contributed by atoms with van der Waals surface area (Å²) in [5.41, 5.74) is 6.80. The van der Waals surface area contributed by atoms with Gasteiger partial charge >= 0.3 is 0 Å². The van der Waals surface area contributed by atoms with Gasteiger partial charge in [-0.15, -0.1) is 0 Å². The second-order valence-electron chi connectivity index (χ2n) is 4.42. The molecule has 3 heteroatoms. The average Bonchev–Trinajstić information content (AvgIpc) is 2.17. The van der Waals surface area contributed by atoms with E-state index in [2.05, 4.69) is 18.4 Å². The lowest BCUT2D eigenvalue weighted by atomic mass is 9.78. The summed E-state index contributed by atoms with van der Waals surface area (Å²) < 4.78 is 5.06. The summed E-state index contributed by atoms with van der Waals surface area (Å²) in [6, 6.07) is 0. The van der Waals surface area contributed by atoms with Crippen molar-refractivity contribution in [2.24, 2.45) is 11.1 Å². The van der Waals surface area contributed by atoms with Crippen molar-refractivity contribution in [2.45, 2.75) is 19.8 Å². The summed E-state index contributed by atoms with van der Waals surface area (Å²) in [5, 5.41) is 0. The lowest BCUT2D eigenvalue weighted by Gasteiger charge is -2.39. The molecule has 0 bridgehead atoms. The lowest BCUT2D eigenvalue weighted by molar-refractivity contribution is 0.101. The molecule has 1 rings (SSSR count). The van der Waals surface area contributed by atoms with Crippen LogP contribution in [0.4, 0.5) is 0 Å². The first-order valence-electron chi connectivity index (χ1n) is 5.24. The van der Waals surface area contributed by atoms with Crippen LogP contribution in [-0.4, -0.2) is 38.3 Å². The summed E-state index contributed by atoms with van der Waals surface area (Å²) >= 11 is 0. The highest BCUT2D eigenvalue weighted by atomic mass is 16.5. The van der Waals surface area contributed by atoms with Crippen LogP contribution in [-0.2, 0) is 4.74 Å². The Morgan fingerprint density at radius 3 is 2.50 bits per heavy atom. The Hall–Kier alpha value is -0.540. The minimum atomic E-state index is 0.156. The maximum absolute atomic E-state index is 5.81. The number of hydrogen-bond acceptors (Lipinski definition) is 3. The van der Waals surface area contributed by atoms with Crippen LogP contribution in [0.15, 0.2) is 12.3 Å². The molecule has 3 nitrogen and oxygen atoms in total. The SMILES string of the molecule is C=C(N)C1(C)CCN(CCOC)CC1. The molecular weight excluding hydrogens is 176 g/mol. The number of nitrogens with zero attached hydrogens (tertiary/aromatic N) is 1. The molecule has 0 aliphatic carbocycles. The number of rotatable bonds is 4. The molecule has 1 saturated heterocycles. The largest absolute Gasteiger partial charge is 0.402 e. The number of piperidine rings is 1.